The highest BCUT2D eigenvalue weighted by Crippen LogP contribution is 2.16. The van der Waals surface area contributed by atoms with Crippen molar-refractivity contribution in [2.75, 3.05) is 6.54 Å². The Morgan fingerprint density at radius 2 is 1.12 bits per heavy atom. The van der Waals surface area contributed by atoms with E-state index < -0.39 is 42.0 Å². The molecule has 0 radical (unpaired) electrons. The van der Waals surface area contributed by atoms with Crippen LogP contribution >= 0.6 is 0 Å². The quantitative estimate of drug-likeness (QED) is 0.0530. The summed E-state index contributed by atoms with van der Waals surface area (Å²) in [5.41, 5.74) is 2.26. The van der Waals surface area contributed by atoms with Gasteiger partial charge in [-0.2, -0.15) is 0 Å². The number of aliphatic carboxylic acids is 1. The largest absolute Gasteiger partial charge is 0.481 e. The number of unbranched alkanes of at least 4 members (excludes halogenated alkanes) is 1. The van der Waals surface area contributed by atoms with Gasteiger partial charge in [0, 0.05) is 13.0 Å². The standard InChI is InChI=1S/C37H44N4O9/c1-2-3-20-30(33(43)44)23-32(42)31(39-35(45)48-24-27-14-7-4-8-15-27)21-13-22-38-34(40-36(46)49-25-28-16-9-5-10-17-28)41-37(47)50-26-29-18-11-6-12-19-29/h4-12,14-19,30-31H,2-3,13,20-26H2,1H3,(H,39,45)(H,43,44)(H2,38,40,41,46,47)/t30-,31-/m0/s1. The zero-order valence-corrected chi connectivity index (χ0v) is 28.0. The molecule has 3 amide bonds. The number of carboxylic acids is 1. The normalized spacial score (nSPS) is 11.6. The van der Waals surface area contributed by atoms with Gasteiger partial charge in [-0.15, -0.1) is 0 Å². The molecule has 0 saturated carbocycles. The number of Topliss-reactive ketones (excluding diaryl/α,β-unsaturated/α-hetero) is 1. The lowest BCUT2D eigenvalue weighted by Gasteiger charge is -2.20. The molecule has 0 aromatic heterocycles. The van der Waals surface area contributed by atoms with E-state index in [9.17, 15) is 29.1 Å². The summed E-state index contributed by atoms with van der Waals surface area (Å²) in [6.07, 6.45) is -0.834. The second kappa shape index (κ2) is 22.0. The summed E-state index contributed by atoms with van der Waals surface area (Å²) in [4.78, 5) is 67.3. The SMILES string of the molecule is CCCC[C@@H](CC(=O)[C@H](CCCN=C(NC(=O)OCc1ccccc1)NC(=O)OCc1ccccc1)NC(=O)OCc1ccccc1)C(=O)O. The van der Waals surface area contributed by atoms with Gasteiger partial charge < -0.3 is 24.6 Å². The third kappa shape index (κ3) is 15.5. The smallest absolute Gasteiger partial charge is 0.414 e. The fraction of sp³-hybridized carbons (Fsp3) is 0.351. The molecule has 13 heteroatoms. The highest BCUT2D eigenvalue weighted by Gasteiger charge is 2.27. The maximum Gasteiger partial charge on any atom is 0.414 e. The van der Waals surface area contributed by atoms with Crippen molar-refractivity contribution in [2.45, 2.75) is 71.3 Å². The molecule has 50 heavy (non-hydrogen) atoms. The van der Waals surface area contributed by atoms with E-state index in [4.69, 9.17) is 14.2 Å². The number of carbonyl (C=O) groups is 5. The Balaban J connectivity index is 1.65. The predicted octanol–water partition coefficient (Wildman–Crippen LogP) is 6.12. The van der Waals surface area contributed by atoms with Gasteiger partial charge >= 0.3 is 24.2 Å². The van der Waals surface area contributed by atoms with Gasteiger partial charge in [-0.05, 0) is 36.0 Å². The van der Waals surface area contributed by atoms with Crippen LogP contribution in [-0.2, 0) is 43.6 Å². The molecule has 3 aromatic rings. The van der Waals surface area contributed by atoms with E-state index in [0.717, 1.165) is 23.1 Å². The molecular weight excluding hydrogens is 644 g/mol. The van der Waals surface area contributed by atoms with E-state index in [0.29, 0.717) is 12.8 Å². The second-order valence-corrected chi connectivity index (χ2v) is 11.4. The molecule has 3 aromatic carbocycles. The summed E-state index contributed by atoms with van der Waals surface area (Å²) in [6.45, 7) is 1.86. The van der Waals surface area contributed by atoms with Crippen LogP contribution in [0.3, 0.4) is 0 Å². The molecule has 4 N–H and O–H groups in total. The van der Waals surface area contributed by atoms with Gasteiger partial charge in [-0.3, -0.25) is 25.2 Å². The Kier molecular flexibility index (Phi) is 17.1. The number of carbonyl (C=O) groups excluding carboxylic acids is 4. The first-order valence-electron chi connectivity index (χ1n) is 16.5. The number of ketones is 1. The van der Waals surface area contributed by atoms with Crippen LogP contribution in [-0.4, -0.2) is 53.7 Å². The van der Waals surface area contributed by atoms with Crippen LogP contribution in [0.2, 0.25) is 0 Å². The van der Waals surface area contributed by atoms with Crippen molar-refractivity contribution in [3.8, 4) is 0 Å². The Labute approximate surface area is 291 Å². The van der Waals surface area contributed by atoms with Crippen molar-refractivity contribution in [2.24, 2.45) is 10.9 Å². The van der Waals surface area contributed by atoms with Gasteiger partial charge in [0.15, 0.2) is 5.78 Å². The van der Waals surface area contributed by atoms with Crippen LogP contribution in [0.25, 0.3) is 0 Å². The highest BCUT2D eigenvalue weighted by atomic mass is 16.6. The maximum atomic E-state index is 13.3. The Morgan fingerprint density at radius 1 is 0.660 bits per heavy atom. The number of amides is 3. The van der Waals surface area contributed by atoms with Gasteiger partial charge in [0.25, 0.3) is 0 Å². The number of hydrogen-bond donors (Lipinski definition) is 4. The first-order valence-corrected chi connectivity index (χ1v) is 16.5. The zero-order valence-electron chi connectivity index (χ0n) is 28.0. The molecule has 0 aliphatic heterocycles. The third-order valence-electron chi connectivity index (χ3n) is 7.38. The number of alkyl carbamates (subject to hydrolysis) is 3. The monoisotopic (exact) mass is 688 g/mol. The lowest BCUT2D eigenvalue weighted by molar-refractivity contribution is -0.144. The molecule has 13 nitrogen and oxygen atoms in total. The molecule has 0 fully saturated rings. The maximum absolute atomic E-state index is 13.3. The van der Waals surface area contributed by atoms with Crippen LogP contribution < -0.4 is 16.0 Å². The van der Waals surface area contributed by atoms with Crippen LogP contribution in [0, 0.1) is 5.92 Å². The minimum atomic E-state index is -1.08. The zero-order chi connectivity index (χ0) is 36.0. The Bertz CT molecular complexity index is 1480. The first-order chi connectivity index (χ1) is 24.2. The number of benzene rings is 3. The van der Waals surface area contributed by atoms with Crippen LogP contribution in [0.15, 0.2) is 96.0 Å². The summed E-state index contributed by atoms with van der Waals surface area (Å²) in [6, 6.07) is 26.0. The second-order valence-electron chi connectivity index (χ2n) is 11.4. The fourth-order valence-electron chi connectivity index (χ4n) is 4.68. The number of rotatable bonds is 18. The van der Waals surface area contributed by atoms with E-state index in [1.165, 1.54) is 0 Å². The molecule has 0 spiro atoms. The molecule has 0 saturated heterocycles. The number of carboxylic acid groups (broad SMARTS) is 1. The fourth-order valence-corrected chi connectivity index (χ4v) is 4.68. The van der Waals surface area contributed by atoms with Crippen molar-refractivity contribution in [1.29, 1.82) is 0 Å². The number of aliphatic imine (C=N–C) groups is 1. The van der Waals surface area contributed by atoms with Crippen LogP contribution in [0.4, 0.5) is 14.4 Å². The molecular formula is C37H44N4O9. The van der Waals surface area contributed by atoms with Gasteiger partial charge in [0.1, 0.15) is 19.8 Å². The van der Waals surface area contributed by atoms with Crippen molar-refractivity contribution >= 4 is 36.0 Å². The topological polar surface area (TPSA) is 182 Å². The molecule has 0 aliphatic rings. The number of nitrogens with one attached hydrogen (secondary N) is 3. The summed E-state index contributed by atoms with van der Waals surface area (Å²) in [5, 5.41) is 17.1. The van der Waals surface area contributed by atoms with Crippen molar-refractivity contribution in [3.05, 3.63) is 108 Å². The number of hydrogen-bond acceptors (Lipinski definition) is 9. The van der Waals surface area contributed by atoms with Crippen molar-refractivity contribution in [1.82, 2.24) is 16.0 Å². The molecule has 0 bridgehead atoms. The number of nitrogens with zero attached hydrogens (tertiary/aromatic N) is 1. The lowest BCUT2D eigenvalue weighted by atomic mass is 9.92. The Hall–Kier alpha value is -5.72. The van der Waals surface area contributed by atoms with Gasteiger partial charge in [-0.1, -0.05) is 111 Å². The summed E-state index contributed by atoms with van der Waals surface area (Å²) in [7, 11) is 0. The Morgan fingerprint density at radius 3 is 1.56 bits per heavy atom. The molecule has 266 valence electrons. The molecule has 0 aliphatic carbocycles. The summed E-state index contributed by atoms with van der Waals surface area (Å²) in [5.74, 6) is -2.68. The third-order valence-corrected chi connectivity index (χ3v) is 7.38. The van der Waals surface area contributed by atoms with E-state index >= 15 is 0 Å². The molecule has 2 atom stereocenters. The lowest BCUT2D eigenvalue weighted by Crippen LogP contribution is -2.44. The van der Waals surface area contributed by atoms with E-state index in [1.807, 2.05) is 25.1 Å². The van der Waals surface area contributed by atoms with Crippen molar-refractivity contribution in [3.63, 3.8) is 0 Å². The number of guanidine groups is 1. The first kappa shape index (κ1) is 38.7. The minimum Gasteiger partial charge on any atom is -0.481 e. The molecule has 0 heterocycles. The van der Waals surface area contributed by atoms with E-state index in [2.05, 4.69) is 20.9 Å². The minimum absolute atomic E-state index is 0.00399. The van der Waals surface area contributed by atoms with Gasteiger partial charge in [0.05, 0.1) is 12.0 Å². The van der Waals surface area contributed by atoms with Crippen molar-refractivity contribution < 1.29 is 43.3 Å². The average molecular weight is 689 g/mol. The highest BCUT2D eigenvalue weighted by molar-refractivity contribution is 6.01. The van der Waals surface area contributed by atoms with Gasteiger partial charge in [0.2, 0.25) is 5.96 Å². The van der Waals surface area contributed by atoms with Gasteiger partial charge in [-0.25, -0.2) is 14.4 Å². The van der Waals surface area contributed by atoms with Crippen LogP contribution in [0.1, 0.15) is 62.1 Å². The van der Waals surface area contributed by atoms with E-state index in [-0.39, 0.29) is 51.6 Å². The molecule has 0 unspecified atom stereocenters. The average Bonchev–Trinajstić information content (AvgIpc) is 3.13. The molecule has 3 rings (SSSR count). The van der Waals surface area contributed by atoms with Crippen LogP contribution in [0.5, 0.6) is 0 Å². The summed E-state index contributed by atoms with van der Waals surface area (Å²) < 4.78 is 15.8. The van der Waals surface area contributed by atoms with E-state index in [1.54, 1.807) is 72.8 Å². The number of ether oxygens (including phenoxy) is 3. The predicted molar refractivity (Wildman–Crippen MR) is 185 cm³/mol. The summed E-state index contributed by atoms with van der Waals surface area (Å²) >= 11 is 0.